The molecule has 2 aromatic carbocycles. The number of aliphatic hydroxyl groups is 2. The Labute approximate surface area is 226 Å². The molecule has 0 bridgehead atoms. The molecule has 1 aliphatic carbocycles. The summed E-state index contributed by atoms with van der Waals surface area (Å²) in [5, 5.41) is 37.4. The van der Waals surface area contributed by atoms with Gasteiger partial charge in [0.1, 0.15) is 5.75 Å². The number of fused-ring (bicyclic) bond motifs is 3. The zero-order valence-electron chi connectivity index (χ0n) is 22.3. The van der Waals surface area contributed by atoms with Crippen molar-refractivity contribution in [3.63, 3.8) is 0 Å². The van der Waals surface area contributed by atoms with Gasteiger partial charge in [-0.25, -0.2) is 9.59 Å². The van der Waals surface area contributed by atoms with Crippen LogP contribution in [0.2, 0.25) is 0 Å². The largest absolute Gasteiger partial charge is 0.493 e. The quantitative estimate of drug-likeness (QED) is 0.212. The third-order valence-corrected chi connectivity index (χ3v) is 6.50. The van der Waals surface area contributed by atoms with E-state index in [1.807, 2.05) is 43.3 Å². The highest BCUT2D eigenvalue weighted by molar-refractivity contribution is 6.12. The summed E-state index contributed by atoms with van der Waals surface area (Å²) in [4.78, 5) is 36.3. The number of aromatic nitrogens is 1. The molecule has 0 aliphatic heterocycles. The van der Waals surface area contributed by atoms with E-state index in [0.29, 0.717) is 35.4 Å². The topological polar surface area (TPSA) is 169 Å². The second-order valence-electron chi connectivity index (χ2n) is 9.91. The lowest BCUT2D eigenvalue weighted by atomic mass is 9.90. The van der Waals surface area contributed by atoms with Crippen LogP contribution in [0.15, 0.2) is 42.5 Å². The van der Waals surface area contributed by atoms with Gasteiger partial charge >= 0.3 is 11.9 Å². The Kier molecular flexibility index (Phi) is 10.2. The minimum atomic E-state index is -2.27. The molecule has 4 rings (SSSR count). The number of para-hydroxylation sites is 1. The number of ketones is 1. The van der Waals surface area contributed by atoms with E-state index in [9.17, 15) is 14.4 Å². The summed E-state index contributed by atoms with van der Waals surface area (Å²) in [6, 6.07) is 14.0. The van der Waals surface area contributed by atoms with Gasteiger partial charge in [0.25, 0.3) is 0 Å². The van der Waals surface area contributed by atoms with Gasteiger partial charge in [-0.15, -0.1) is 0 Å². The number of nitrogens with one attached hydrogen (secondary N) is 2. The fraction of sp³-hybridized carbons (Fsp3) is 0.414. The predicted molar refractivity (Wildman–Crippen MR) is 145 cm³/mol. The van der Waals surface area contributed by atoms with Crippen molar-refractivity contribution in [2.75, 3.05) is 13.2 Å². The zero-order chi connectivity index (χ0) is 28.7. The predicted octanol–water partition coefficient (Wildman–Crippen LogP) is 2.78. The summed E-state index contributed by atoms with van der Waals surface area (Å²) in [5.41, 5.74) is 5.13. The van der Waals surface area contributed by atoms with Gasteiger partial charge in [0.2, 0.25) is 0 Å². The average molecular weight is 541 g/mol. The first-order valence-electron chi connectivity index (χ1n) is 13.0. The van der Waals surface area contributed by atoms with Crippen LogP contribution >= 0.6 is 0 Å². The number of aliphatic carboxylic acids is 2. The highest BCUT2D eigenvalue weighted by Crippen LogP contribution is 2.31. The Hall–Kier alpha value is -3.73. The van der Waals surface area contributed by atoms with Crippen LogP contribution in [-0.4, -0.2) is 74.5 Å². The van der Waals surface area contributed by atoms with Gasteiger partial charge in [-0.05, 0) is 74.5 Å². The van der Waals surface area contributed by atoms with E-state index >= 15 is 0 Å². The van der Waals surface area contributed by atoms with Crippen LogP contribution in [0.3, 0.4) is 0 Å². The number of aromatic amines is 1. The number of rotatable bonds is 10. The first-order valence-corrected chi connectivity index (χ1v) is 13.0. The van der Waals surface area contributed by atoms with Crippen LogP contribution < -0.4 is 10.1 Å². The molecule has 10 heteroatoms. The number of carboxylic acid groups (broad SMARTS) is 2. The normalized spacial score (nSPS) is 16.1. The highest BCUT2D eigenvalue weighted by atomic mass is 16.5. The van der Waals surface area contributed by atoms with Crippen molar-refractivity contribution < 1.29 is 39.5 Å². The molecule has 0 saturated heterocycles. The number of benzene rings is 2. The fourth-order valence-electron chi connectivity index (χ4n) is 4.50. The summed E-state index contributed by atoms with van der Waals surface area (Å²) in [5.74, 6) is -2.23. The Morgan fingerprint density at radius 1 is 1.05 bits per heavy atom. The molecule has 210 valence electrons. The third-order valence-electron chi connectivity index (χ3n) is 6.50. The number of aliphatic hydroxyl groups excluding tert-OH is 2. The SMILES string of the molecule is CCOc1ccccc1C(=O)c1ccc2[nH]c3c(c2c1)CC(NCC(C)C)CC3.O=C(O)C(O)C(O)C(=O)O. The Balaban J connectivity index is 0.000000360. The lowest BCUT2D eigenvalue weighted by Crippen LogP contribution is -2.39. The maximum atomic E-state index is 13.2. The maximum Gasteiger partial charge on any atom is 0.335 e. The Morgan fingerprint density at radius 2 is 1.72 bits per heavy atom. The summed E-state index contributed by atoms with van der Waals surface area (Å²) >= 11 is 0. The molecular formula is C29H36N2O8. The number of H-pyrrole nitrogens is 1. The monoisotopic (exact) mass is 540 g/mol. The van der Waals surface area contributed by atoms with Crippen LogP contribution in [0.1, 0.15) is 54.4 Å². The summed E-state index contributed by atoms with van der Waals surface area (Å²) in [6.45, 7) is 8.00. The number of carbonyl (C=O) groups excluding carboxylic acids is 1. The van der Waals surface area contributed by atoms with Crippen molar-refractivity contribution in [3.8, 4) is 5.75 Å². The molecule has 1 aromatic heterocycles. The van der Waals surface area contributed by atoms with E-state index < -0.39 is 24.1 Å². The van der Waals surface area contributed by atoms with E-state index in [1.165, 1.54) is 16.6 Å². The smallest absolute Gasteiger partial charge is 0.335 e. The standard InChI is InChI=1S/C25H30N2O2.C4H6O6/c1-4-29-24-8-6-5-7-19(24)25(28)17-9-11-22-20(13-17)21-14-18(26-15-16(2)3)10-12-23(21)27-22;5-1(3(7)8)2(6)4(9)10/h5-9,11,13,16,18,26-27H,4,10,12,14-15H2,1-3H3;1-2,5-6H,(H,7,8)(H,9,10). The van der Waals surface area contributed by atoms with Gasteiger partial charge in [-0.2, -0.15) is 0 Å². The van der Waals surface area contributed by atoms with Crippen LogP contribution in [0.5, 0.6) is 5.75 Å². The second-order valence-corrected chi connectivity index (χ2v) is 9.91. The van der Waals surface area contributed by atoms with Crippen LogP contribution in [0.25, 0.3) is 10.9 Å². The molecule has 0 fully saturated rings. The molecule has 3 aromatic rings. The average Bonchev–Trinajstić information content (AvgIpc) is 3.28. The zero-order valence-corrected chi connectivity index (χ0v) is 22.3. The summed E-state index contributed by atoms with van der Waals surface area (Å²) < 4.78 is 5.67. The molecule has 6 N–H and O–H groups in total. The number of hydrogen-bond donors (Lipinski definition) is 6. The Morgan fingerprint density at radius 3 is 2.33 bits per heavy atom. The van der Waals surface area contributed by atoms with Gasteiger partial charge < -0.3 is 35.5 Å². The number of aryl methyl sites for hydroxylation is 1. The highest BCUT2D eigenvalue weighted by Gasteiger charge is 2.29. The van der Waals surface area contributed by atoms with Gasteiger partial charge in [0.15, 0.2) is 18.0 Å². The Bertz CT molecular complexity index is 1300. The first kappa shape index (κ1) is 29.8. The van der Waals surface area contributed by atoms with E-state index in [-0.39, 0.29) is 5.78 Å². The molecule has 10 nitrogen and oxygen atoms in total. The third kappa shape index (κ3) is 7.44. The first-order chi connectivity index (χ1) is 18.5. The minimum absolute atomic E-state index is 0.0104. The summed E-state index contributed by atoms with van der Waals surface area (Å²) in [7, 11) is 0. The van der Waals surface area contributed by atoms with Crippen molar-refractivity contribution in [2.24, 2.45) is 5.92 Å². The van der Waals surface area contributed by atoms with Crippen molar-refractivity contribution >= 4 is 28.6 Å². The number of carboxylic acids is 2. The lowest BCUT2D eigenvalue weighted by Gasteiger charge is -2.24. The number of hydrogen-bond acceptors (Lipinski definition) is 7. The molecule has 0 saturated carbocycles. The minimum Gasteiger partial charge on any atom is -0.493 e. The van der Waals surface area contributed by atoms with Crippen molar-refractivity contribution in [3.05, 3.63) is 64.8 Å². The van der Waals surface area contributed by atoms with Crippen LogP contribution in [-0.2, 0) is 22.4 Å². The molecule has 3 unspecified atom stereocenters. The van der Waals surface area contributed by atoms with Gasteiger partial charge in [0.05, 0.1) is 12.2 Å². The second kappa shape index (κ2) is 13.4. The van der Waals surface area contributed by atoms with E-state index in [4.69, 9.17) is 25.2 Å². The molecule has 1 aliphatic rings. The number of ether oxygens (including phenoxy) is 1. The molecule has 0 spiro atoms. The van der Waals surface area contributed by atoms with Gasteiger partial charge in [-0.3, -0.25) is 4.79 Å². The van der Waals surface area contributed by atoms with Gasteiger partial charge in [0, 0.05) is 28.2 Å². The van der Waals surface area contributed by atoms with E-state index in [0.717, 1.165) is 31.3 Å². The van der Waals surface area contributed by atoms with Gasteiger partial charge in [-0.1, -0.05) is 26.0 Å². The molecule has 3 atom stereocenters. The van der Waals surface area contributed by atoms with Crippen LogP contribution in [0.4, 0.5) is 0 Å². The number of carbonyl (C=O) groups is 3. The molecule has 0 radical (unpaired) electrons. The molecule has 39 heavy (non-hydrogen) atoms. The summed E-state index contributed by atoms with van der Waals surface area (Å²) in [6.07, 6.45) is -1.32. The van der Waals surface area contributed by atoms with E-state index in [2.05, 4.69) is 30.2 Å². The molecular weight excluding hydrogens is 504 g/mol. The van der Waals surface area contributed by atoms with Crippen molar-refractivity contribution in [1.82, 2.24) is 10.3 Å². The lowest BCUT2D eigenvalue weighted by molar-refractivity contribution is -0.165. The van der Waals surface area contributed by atoms with Crippen LogP contribution in [0, 0.1) is 5.92 Å². The van der Waals surface area contributed by atoms with Crippen molar-refractivity contribution in [2.45, 2.75) is 58.3 Å². The van der Waals surface area contributed by atoms with E-state index in [1.54, 1.807) is 0 Å². The molecule has 1 heterocycles. The molecule has 0 amide bonds. The maximum absolute atomic E-state index is 13.2. The fourth-order valence-corrected chi connectivity index (χ4v) is 4.50. The van der Waals surface area contributed by atoms with Crippen molar-refractivity contribution in [1.29, 1.82) is 0 Å².